The average Bonchev–Trinajstić information content (AvgIpc) is 2.66. The fourth-order valence-electron chi connectivity index (χ4n) is 3.35. The van der Waals surface area contributed by atoms with Crippen molar-refractivity contribution in [3.8, 4) is 0 Å². The third-order valence-electron chi connectivity index (χ3n) is 4.37. The van der Waals surface area contributed by atoms with Crippen molar-refractivity contribution in [2.75, 3.05) is 0 Å². The Hall–Kier alpha value is -0.790. The number of hydrogen-bond donors (Lipinski definition) is 0. The molecule has 1 spiro atoms. The summed E-state index contributed by atoms with van der Waals surface area (Å²) in [4.78, 5) is 10.9. The fourth-order valence-corrected chi connectivity index (χ4v) is 3.35. The normalized spacial score (nSPS) is 23.5. The van der Waals surface area contributed by atoms with Crippen LogP contribution in [0.1, 0.15) is 65.2 Å². The highest BCUT2D eigenvalue weighted by Crippen LogP contribution is 2.50. The van der Waals surface area contributed by atoms with Gasteiger partial charge < -0.3 is 4.74 Å². The molecule has 2 saturated carbocycles. The molecule has 2 aliphatic rings. The van der Waals surface area contributed by atoms with Crippen molar-refractivity contribution >= 4 is 5.97 Å². The van der Waals surface area contributed by atoms with Crippen molar-refractivity contribution in [2.45, 2.75) is 65.2 Å². The summed E-state index contributed by atoms with van der Waals surface area (Å²) in [6, 6.07) is 0. The number of esters is 1. The van der Waals surface area contributed by atoms with Crippen LogP contribution in [0.4, 0.5) is 0 Å². The monoisotopic (exact) mass is 222 g/mol. The van der Waals surface area contributed by atoms with E-state index in [0.29, 0.717) is 5.41 Å². The SMILES string of the molecule is CC(=O)OC(C)=C1CCC2(CCCC2)CC1. The summed E-state index contributed by atoms with van der Waals surface area (Å²) in [6.07, 6.45) is 10.6. The Morgan fingerprint density at radius 2 is 1.62 bits per heavy atom. The molecule has 2 aliphatic carbocycles. The molecule has 0 saturated heterocycles. The lowest BCUT2D eigenvalue weighted by molar-refractivity contribution is -0.136. The molecule has 0 aromatic carbocycles. The van der Waals surface area contributed by atoms with Crippen LogP contribution in [0.25, 0.3) is 0 Å². The average molecular weight is 222 g/mol. The van der Waals surface area contributed by atoms with Gasteiger partial charge in [0.05, 0.1) is 0 Å². The second kappa shape index (κ2) is 4.60. The van der Waals surface area contributed by atoms with Gasteiger partial charge in [0.2, 0.25) is 0 Å². The lowest BCUT2D eigenvalue weighted by atomic mass is 9.71. The van der Waals surface area contributed by atoms with Gasteiger partial charge in [-0.3, -0.25) is 4.79 Å². The second-order valence-corrected chi connectivity index (χ2v) is 5.46. The van der Waals surface area contributed by atoms with Crippen LogP contribution < -0.4 is 0 Å². The van der Waals surface area contributed by atoms with E-state index < -0.39 is 0 Å². The zero-order valence-corrected chi connectivity index (χ0v) is 10.5. The molecule has 2 nitrogen and oxygen atoms in total. The number of carbonyl (C=O) groups is 1. The molecule has 0 aromatic heterocycles. The van der Waals surface area contributed by atoms with Gasteiger partial charge in [0.25, 0.3) is 0 Å². The molecule has 0 amide bonds. The Labute approximate surface area is 98.1 Å². The van der Waals surface area contributed by atoms with E-state index >= 15 is 0 Å². The second-order valence-electron chi connectivity index (χ2n) is 5.46. The van der Waals surface area contributed by atoms with Crippen molar-refractivity contribution in [2.24, 2.45) is 5.41 Å². The van der Waals surface area contributed by atoms with Gasteiger partial charge in [-0.15, -0.1) is 0 Å². The molecule has 0 unspecified atom stereocenters. The van der Waals surface area contributed by atoms with Crippen LogP contribution in [0.2, 0.25) is 0 Å². The summed E-state index contributed by atoms with van der Waals surface area (Å²) in [5.41, 5.74) is 2.02. The van der Waals surface area contributed by atoms with Crippen molar-refractivity contribution in [3.63, 3.8) is 0 Å². The van der Waals surface area contributed by atoms with Gasteiger partial charge in [-0.1, -0.05) is 12.8 Å². The highest BCUT2D eigenvalue weighted by atomic mass is 16.5. The van der Waals surface area contributed by atoms with Crippen LogP contribution in [0.3, 0.4) is 0 Å². The first-order valence-electron chi connectivity index (χ1n) is 6.48. The maximum absolute atomic E-state index is 10.9. The molecule has 2 heteroatoms. The zero-order valence-electron chi connectivity index (χ0n) is 10.5. The summed E-state index contributed by atoms with van der Waals surface area (Å²) in [5, 5.41) is 0. The third-order valence-corrected chi connectivity index (χ3v) is 4.37. The van der Waals surface area contributed by atoms with Crippen LogP contribution in [0, 0.1) is 5.41 Å². The van der Waals surface area contributed by atoms with E-state index in [1.165, 1.54) is 51.0 Å². The smallest absolute Gasteiger partial charge is 0.307 e. The van der Waals surface area contributed by atoms with E-state index in [-0.39, 0.29) is 5.97 Å². The summed E-state index contributed by atoms with van der Waals surface area (Å²) in [5.74, 6) is 0.673. The van der Waals surface area contributed by atoms with Gasteiger partial charge in [-0.25, -0.2) is 0 Å². The lowest BCUT2D eigenvalue weighted by Crippen LogP contribution is -2.21. The number of hydrogen-bond acceptors (Lipinski definition) is 2. The van der Waals surface area contributed by atoms with Crippen molar-refractivity contribution in [1.29, 1.82) is 0 Å². The minimum atomic E-state index is -0.189. The molecule has 2 rings (SSSR count). The maximum Gasteiger partial charge on any atom is 0.307 e. The molecule has 0 aliphatic heterocycles. The van der Waals surface area contributed by atoms with E-state index in [0.717, 1.165) is 18.6 Å². The van der Waals surface area contributed by atoms with E-state index in [2.05, 4.69) is 0 Å². The highest BCUT2D eigenvalue weighted by molar-refractivity contribution is 5.67. The van der Waals surface area contributed by atoms with Crippen LogP contribution >= 0.6 is 0 Å². The zero-order chi connectivity index (χ0) is 11.6. The topological polar surface area (TPSA) is 26.3 Å². The molecule has 0 radical (unpaired) electrons. The van der Waals surface area contributed by atoms with Crippen LogP contribution in [-0.2, 0) is 9.53 Å². The van der Waals surface area contributed by atoms with Gasteiger partial charge >= 0.3 is 5.97 Å². The number of carbonyl (C=O) groups excluding carboxylic acids is 1. The minimum Gasteiger partial charge on any atom is -0.432 e. The Morgan fingerprint density at radius 3 is 2.12 bits per heavy atom. The minimum absolute atomic E-state index is 0.189. The maximum atomic E-state index is 10.9. The van der Waals surface area contributed by atoms with E-state index in [1.807, 2.05) is 6.92 Å². The van der Waals surface area contributed by atoms with Crippen molar-refractivity contribution in [3.05, 3.63) is 11.3 Å². The molecule has 90 valence electrons. The van der Waals surface area contributed by atoms with E-state index in [9.17, 15) is 4.79 Å². The Bertz CT molecular complexity index is 297. The summed E-state index contributed by atoms with van der Waals surface area (Å²) >= 11 is 0. The summed E-state index contributed by atoms with van der Waals surface area (Å²) in [7, 11) is 0. The number of allylic oxidation sites excluding steroid dienone is 2. The first-order valence-corrected chi connectivity index (χ1v) is 6.48. The van der Waals surface area contributed by atoms with Crippen LogP contribution in [0.15, 0.2) is 11.3 Å². The molecule has 0 N–H and O–H groups in total. The quantitative estimate of drug-likeness (QED) is 0.496. The van der Waals surface area contributed by atoms with Crippen molar-refractivity contribution < 1.29 is 9.53 Å². The molecular formula is C14H22O2. The fraction of sp³-hybridized carbons (Fsp3) is 0.786. The molecule has 2 fully saturated rings. The highest BCUT2D eigenvalue weighted by Gasteiger charge is 2.36. The molecule has 0 aromatic rings. The lowest BCUT2D eigenvalue weighted by Gasteiger charge is -2.34. The van der Waals surface area contributed by atoms with E-state index in [1.54, 1.807) is 0 Å². The standard InChI is InChI=1S/C14H22O2/c1-11(16-12(2)15)13-5-9-14(10-6-13)7-3-4-8-14/h3-10H2,1-2H3. The predicted octanol–water partition coefficient (Wildman–Crippen LogP) is 3.96. The van der Waals surface area contributed by atoms with Crippen LogP contribution in [0.5, 0.6) is 0 Å². The Kier molecular flexibility index (Phi) is 3.36. The largest absolute Gasteiger partial charge is 0.432 e. The number of ether oxygens (including phenoxy) is 1. The molecule has 16 heavy (non-hydrogen) atoms. The van der Waals surface area contributed by atoms with Crippen molar-refractivity contribution in [1.82, 2.24) is 0 Å². The third kappa shape index (κ3) is 2.47. The molecular weight excluding hydrogens is 200 g/mol. The first-order chi connectivity index (χ1) is 7.61. The summed E-state index contributed by atoms with van der Waals surface area (Å²) in [6.45, 7) is 3.41. The Balaban J connectivity index is 1.96. The summed E-state index contributed by atoms with van der Waals surface area (Å²) < 4.78 is 5.18. The van der Waals surface area contributed by atoms with Crippen LogP contribution in [-0.4, -0.2) is 5.97 Å². The van der Waals surface area contributed by atoms with Gasteiger partial charge in [-0.05, 0) is 56.4 Å². The van der Waals surface area contributed by atoms with Gasteiger partial charge in [0.15, 0.2) is 0 Å². The first kappa shape index (κ1) is 11.7. The van der Waals surface area contributed by atoms with Gasteiger partial charge in [0.1, 0.15) is 5.76 Å². The number of rotatable bonds is 1. The van der Waals surface area contributed by atoms with E-state index in [4.69, 9.17) is 4.74 Å². The Morgan fingerprint density at radius 1 is 1.06 bits per heavy atom. The molecule has 0 heterocycles. The van der Waals surface area contributed by atoms with Gasteiger partial charge in [0, 0.05) is 6.92 Å². The van der Waals surface area contributed by atoms with Gasteiger partial charge in [-0.2, -0.15) is 0 Å². The molecule has 0 bridgehead atoms. The predicted molar refractivity (Wildman–Crippen MR) is 63.8 cm³/mol. The molecule has 0 atom stereocenters.